The fraction of sp³-hybridized carbons (Fsp3) is 1.00. The molecule has 0 radical (unpaired) electrons. The Labute approximate surface area is 100 Å². The maximum atomic E-state index is 2.74. The van der Waals surface area contributed by atoms with Gasteiger partial charge in [0.2, 0.25) is 0 Å². The summed E-state index contributed by atoms with van der Waals surface area (Å²) in [4.78, 5) is 7.60. The van der Waals surface area contributed by atoms with Crippen LogP contribution in [0.15, 0.2) is 0 Å². The maximum Gasteiger partial charge on any atom is 0.0120 e. The van der Waals surface area contributed by atoms with Gasteiger partial charge in [0.25, 0.3) is 0 Å². The average molecular weight is 225 g/mol. The molecule has 0 amide bonds. The van der Waals surface area contributed by atoms with Crippen molar-refractivity contribution in [3.05, 3.63) is 0 Å². The molecular formula is C13H27N3. The maximum absolute atomic E-state index is 2.74. The van der Waals surface area contributed by atoms with E-state index in [9.17, 15) is 0 Å². The van der Waals surface area contributed by atoms with Crippen LogP contribution in [0.4, 0.5) is 0 Å². The average Bonchev–Trinajstić information content (AvgIpc) is 2.30. The summed E-state index contributed by atoms with van der Waals surface area (Å²) >= 11 is 0. The fourth-order valence-corrected chi connectivity index (χ4v) is 3.13. The lowest BCUT2D eigenvalue weighted by atomic mass is 9.98. The van der Waals surface area contributed by atoms with Crippen molar-refractivity contribution in [2.24, 2.45) is 0 Å². The number of hydrogen-bond donors (Lipinski definition) is 0. The second-order valence-electron chi connectivity index (χ2n) is 5.77. The van der Waals surface area contributed by atoms with Gasteiger partial charge in [-0.1, -0.05) is 0 Å². The lowest BCUT2D eigenvalue weighted by Crippen LogP contribution is -2.49. The molecule has 16 heavy (non-hydrogen) atoms. The summed E-state index contributed by atoms with van der Waals surface area (Å²) in [5, 5.41) is 0. The third-order valence-corrected chi connectivity index (χ3v) is 4.43. The number of nitrogens with zero attached hydrogens (tertiary/aromatic N) is 3. The third kappa shape index (κ3) is 2.96. The molecule has 0 aromatic heterocycles. The van der Waals surface area contributed by atoms with Crippen molar-refractivity contribution in [2.75, 3.05) is 47.3 Å². The molecule has 2 aliphatic rings. The van der Waals surface area contributed by atoms with Crippen LogP contribution in [0, 0.1) is 0 Å². The van der Waals surface area contributed by atoms with Crippen LogP contribution in [0.2, 0.25) is 0 Å². The highest BCUT2D eigenvalue weighted by Gasteiger charge is 2.27. The Morgan fingerprint density at radius 3 is 1.94 bits per heavy atom. The second kappa shape index (κ2) is 5.48. The summed E-state index contributed by atoms with van der Waals surface area (Å²) in [7, 11) is 6.68. The van der Waals surface area contributed by atoms with Gasteiger partial charge in [-0.05, 0) is 73.0 Å². The van der Waals surface area contributed by atoms with E-state index in [4.69, 9.17) is 0 Å². The van der Waals surface area contributed by atoms with E-state index < -0.39 is 0 Å². The quantitative estimate of drug-likeness (QED) is 0.697. The van der Waals surface area contributed by atoms with E-state index >= 15 is 0 Å². The van der Waals surface area contributed by atoms with Crippen molar-refractivity contribution in [2.45, 2.75) is 37.8 Å². The Hall–Kier alpha value is -0.120. The first-order chi connectivity index (χ1) is 7.66. The first-order valence-corrected chi connectivity index (χ1v) is 6.76. The van der Waals surface area contributed by atoms with Crippen molar-refractivity contribution >= 4 is 0 Å². The predicted octanol–water partition coefficient (Wildman–Crippen LogP) is 1.11. The Morgan fingerprint density at radius 1 is 0.875 bits per heavy atom. The van der Waals surface area contributed by atoms with Gasteiger partial charge in [0.15, 0.2) is 0 Å². The van der Waals surface area contributed by atoms with Gasteiger partial charge in [-0.15, -0.1) is 0 Å². The molecule has 0 aromatic carbocycles. The van der Waals surface area contributed by atoms with E-state index in [2.05, 4.69) is 35.8 Å². The number of hydrogen-bond acceptors (Lipinski definition) is 3. The molecule has 3 nitrogen and oxygen atoms in total. The largest absolute Gasteiger partial charge is 0.306 e. The van der Waals surface area contributed by atoms with Crippen LogP contribution in [0.5, 0.6) is 0 Å². The molecule has 0 bridgehead atoms. The van der Waals surface area contributed by atoms with Crippen LogP contribution < -0.4 is 0 Å². The summed E-state index contributed by atoms with van der Waals surface area (Å²) in [6.07, 6.45) is 5.48. The minimum absolute atomic E-state index is 0.822. The van der Waals surface area contributed by atoms with E-state index in [1.54, 1.807) is 0 Å². The minimum atomic E-state index is 0.822. The van der Waals surface area contributed by atoms with Gasteiger partial charge in [0, 0.05) is 12.1 Å². The van der Waals surface area contributed by atoms with Gasteiger partial charge in [-0.2, -0.15) is 0 Å². The first-order valence-electron chi connectivity index (χ1n) is 6.76. The van der Waals surface area contributed by atoms with Crippen LogP contribution >= 0.6 is 0 Å². The molecule has 0 aliphatic carbocycles. The van der Waals surface area contributed by atoms with E-state index in [-0.39, 0.29) is 0 Å². The lowest BCUT2D eigenvalue weighted by Gasteiger charge is -2.42. The molecule has 2 fully saturated rings. The Morgan fingerprint density at radius 2 is 1.44 bits per heavy atom. The molecule has 0 N–H and O–H groups in total. The minimum Gasteiger partial charge on any atom is -0.306 e. The predicted molar refractivity (Wildman–Crippen MR) is 68.8 cm³/mol. The molecule has 2 heterocycles. The van der Waals surface area contributed by atoms with Gasteiger partial charge < -0.3 is 14.7 Å². The SMILES string of the molecule is CN1CCC(N2CCC(N(C)C)CC2)CC1. The molecule has 2 aliphatic heterocycles. The number of likely N-dealkylation sites (tertiary alicyclic amines) is 2. The van der Waals surface area contributed by atoms with Crippen molar-refractivity contribution in [1.82, 2.24) is 14.7 Å². The Balaban J connectivity index is 1.76. The molecule has 0 unspecified atom stereocenters. The van der Waals surface area contributed by atoms with E-state index in [0.717, 1.165) is 12.1 Å². The Bertz CT molecular complexity index is 201. The molecule has 2 saturated heterocycles. The van der Waals surface area contributed by atoms with Crippen LogP contribution in [0.3, 0.4) is 0 Å². The third-order valence-electron chi connectivity index (χ3n) is 4.43. The molecule has 0 aromatic rings. The van der Waals surface area contributed by atoms with Crippen molar-refractivity contribution in [3.63, 3.8) is 0 Å². The summed E-state index contributed by atoms with van der Waals surface area (Å²) in [5.41, 5.74) is 0. The van der Waals surface area contributed by atoms with Gasteiger partial charge in [0.1, 0.15) is 0 Å². The van der Waals surface area contributed by atoms with Crippen LogP contribution in [0.1, 0.15) is 25.7 Å². The van der Waals surface area contributed by atoms with Gasteiger partial charge in [0.05, 0.1) is 0 Å². The molecule has 2 rings (SSSR count). The van der Waals surface area contributed by atoms with E-state index in [0.29, 0.717) is 0 Å². The zero-order valence-electron chi connectivity index (χ0n) is 11.2. The second-order valence-corrected chi connectivity index (χ2v) is 5.77. The highest BCUT2D eigenvalue weighted by Crippen LogP contribution is 2.21. The van der Waals surface area contributed by atoms with E-state index in [1.807, 2.05) is 0 Å². The summed E-state index contributed by atoms with van der Waals surface area (Å²) in [6, 6.07) is 1.70. The molecule has 3 heteroatoms. The van der Waals surface area contributed by atoms with E-state index in [1.165, 1.54) is 51.9 Å². The van der Waals surface area contributed by atoms with Crippen molar-refractivity contribution in [3.8, 4) is 0 Å². The standard InChI is InChI=1S/C13H27N3/c1-14(2)12-6-10-16(11-7-12)13-4-8-15(3)9-5-13/h12-13H,4-11H2,1-3H3. The monoisotopic (exact) mass is 225 g/mol. The zero-order valence-corrected chi connectivity index (χ0v) is 11.2. The highest BCUT2D eigenvalue weighted by molar-refractivity contribution is 4.84. The first kappa shape index (κ1) is 12.3. The van der Waals surface area contributed by atoms with Gasteiger partial charge in [-0.3, -0.25) is 0 Å². The van der Waals surface area contributed by atoms with Crippen molar-refractivity contribution < 1.29 is 0 Å². The smallest absolute Gasteiger partial charge is 0.0120 e. The van der Waals surface area contributed by atoms with Crippen molar-refractivity contribution in [1.29, 1.82) is 0 Å². The molecular weight excluding hydrogens is 198 g/mol. The number of piperidine rings is 2. The van der Waals surface area contributed by atoms with Crippen LogP contribution in [-0.2, 0) is 0 Å². The zero-order chi connectivity index (χ0) is 11.5. The highest BCUT2D eigenvalue weighted by atomic mass is 15.2. The van der Waals surface area contributed by atoms with Crippen LogP contribution in [-0.4, -0.2) is 74.1 Å². The summed E-state index contributed by atoms with van der Waals surface area (Å²) < 4.78 is 0. The lowest BCUT2D eigenvalue weighted by molar-refractivity contribution is 0.0736. The topological polar surface area (TPSA) is 9.72 Å². The van der Waals surface area contributed by atoms with Gasteiger partial charge in [-0.25, -0.2) is 0 Å². The summed E-state index contributed by atoms with van der Waals surface area (Å²) in [6.45, 7) is 5.21. The van der Waals surface area contributed by atoms with Gasteiger partial charge >= 0.3 is 0 Å². The fourth-order valence-electron chi connectivity index (χ4n) is 3.13. The molecule has 0 spiro atoms. The normalized spacial score (nSPS) is 27.8. The Kier molecular flexibility index (Phi) is 4.22. The molecule has 0 atom stereocenters. The van der Waals surface area contributed by atoms with Crippen LogP contribution in [0.25, 0.3) is 0 Å². The molecule has 94 valence electrons. The molecule has 0 saturated carbocycles. The summed E-state index contributed by atoms with van der Waals surface area (Å²) in [5.74, 6) is 0. The number of rotatable bonds is 2.